The van der Waals surface area contributed by atoms with Gasteiger partial charge in [0.1, 0.15) is 12.9 Å². The summed E-state index contributed by atoms with van der Waals surface area (Å²) in [5.41, 5.74) is 0. The molecule has 0 amide bonds. The van der Waals surface area contributed by atoms with E-state index in [1.165, 1.54) is 25.0 Å². The van der Waals surface area contributed by atoms with Crippen molar-refractivity contribution in [3.05, 3.63) is 6.33 Å². The van der Waals surface area contributed by atoms with Crippen LogP contribution >= 0.6 is 11.5 Å². The highest BCUT2D eigenvalue weighted by atomic mass is 32.1. The van der Waals surface area contributed by atoms with Crippen molar-refractivity contribution in [2.24, 2.45) is 0 Å². The number of esters is 1. The van der Waals surface area contributed by atoms with E-state index < -0.39 is 0 Å². The SMILES string of the molecule is COC(=O)CN(c1ncns1)C(C)C. The summed E-state index contributed by atoms with van der Waals surface area (Å²) in [6.45, 7) is 4.19. The Hall–Kier alpha value is -1.17. The van der Waals surface area contributed by atoms with Gasteiger partial charge in [0, 0.05) is 17.6 Å². The minimum absolute atomic E-state index is 0.196. The van der Waals surface area contributed by atoms with Crippen LogP contribution < -0.4 is 4.90 Å². The number of methoxy groups -OCH3 is 1. The smallest absolute Gasteiger partial charge is 0.325 e. The molecule has 0 fully saturated rings. The highest BCUT2D eigenvalue weighted by Gasteiger charge is 2.17. The van der Waals surface area contributed by atoms with Crippen LogP contribution in [0, 0.1) is 0 Å². The molecular weight excluding hydrogens is 202 g/mol. The van der Waals surface area contributed by atoms with Crippen LogP contribution in [0.1, 0.15) is 13.8 Å². The van der Waals surface area contributed by atoms with Crippen LogP contribution in [0.15, 0.2) is 6.33 Å². The number of carbonyl (C=O) groups excluding carboxylic acids is 1. The number of anilines is 1. The highest BCUT2D eigenvalue weighted by Crippen LogP contribution is 2.17. The van der Waals surface area contributed by atoms with Gasteiger partial charge in [-0.3, -0.25) is 4.79 Å². The minimum atomic E-state index is -0.270. The fourth-order valence-electron chi connectivity index (χ4n) is 0.969. The molecule has 0 aliphatic rings. The normalized spacial score (nSPS) is 10.3. The van der Waals surface area contributed by atoms with Crippen molar-refractivity contribution in [3.63, 3.8) is 0 Å². The molecule has 0 aromatic carbocycles. The Bertz CT molecular complexity index is 287. The average molecular weight is 215 g/mol. The largest absolute Gasteiger partial charge is 0.468 e. The Morgan fingerprint density at radius 3 is 2.86 bits per heavy atom. The molecule has 0 aliphatic carbocycles. The van der Waals surface area contributed by atoms with Crippen LogP contribution in [0.5, 0.6) is 0 Å². The number of rotatable bonds is 4. The topological polar surface area (TPSA) is 55.3 Å². The second-order valence-corrected chi connectivity index (χ2v) is 3.78. The monoisotopic (exact) mass is 215 g/mol. The number of hydrogen-bond donors (Lipinski definition) is 0. The van der Waals surface area contributed by atoms with E-state index in [-0.39, 0.29) is 18.6 Å². The van der Waals surface area contributed by atoms with E-state index in [9.17, 15) is 4.79 Å². The molecule has 6 heteroatoms. The van der Waals surface area contributed by atoms with Crippen molar-refractivity contribution in [1.29, 1.82) is 0 Å². The summed E-state index contributed by atoms with van der Waals surface area (Å²) in [5, 5.41) is 0.741. The molecule has 0 unspecified atom stereocenters. The molecule has 14 heavy (non-hydrogen) atoms. The fraction of sp³-hybridized carbons (Fsp3) is 0.625. The summed E-state index contributed by atoms with van der Waals surface area (Å²) in [6, 6.07) is 0.196. The van der Waals surface area contributed by atoms with Gasteiger partial charge in [0.05, 0.1) is 7.11 Å². The number of carbonyl (C=O) groups is 1. The molecule has 0 spiro atoms. The van der Waals surface area contributed by atoms with Crippen molar-refractivity contribution in [1.82, 2.24) is 9.36 Å². The minimum Gasteiger partial charge on any atom is -0.468 e. The Morgan fingerprint density at radius 2 is 2.43 bits per heavy atom. The first-order chi connectivity index (χ1) is 6.65. The van der Waals surface area contributed by atoms with Crippen LogP contribution in [-0.2, 0) is 9.53 Å². The summed E-state index contributed by atoms with van der Waals surface area (Å²) in [4.78, 5) is 17.0. The van der Waals surface area contributed by atoms with Crippen molar-refractivity contribution in [3.8, 4) is 0 Å². The maximum absolute atomic E-state index is 11.1. The molecule has 0 saturated carbocycles. The van der Waals surface area contributed by atoms with E-state index in [0.717, 1.165) is 5.13 Å². The Labute approximate surface area is 86.9 Å². The number of aromatic nitrogens is 2. The molecule has 0 bridgehead atoms. The molecule has 0 radical (unpaired) electrons. The third-order valence-electron chi connectivity index (χ3n) is 1.75. The van der Waals surface area contributed by atoms with E-state index in [0.29, 0.717) is 0 Å². The molecule has 0 saturated heterocycles. The Kier molecular flexibility index (Phi) is 3.82. The number of nitrogens with zero attached hydrogens (tertiary/aromatic N) is 3. The van der Waals surface area contributed by atoms with E-state index in [2.05, 4.69) is 14.1 Å². The molecule has 5 nitrogen and oxygen atoms in total. The summed E-state index contributed by atoms with van der Waals surface area (Å²) in [5.74, 6) is -0.270. The zero-order valence-corrected chi connectivity index (χ0v) is 9.24. The van der Waals surface area contributed by atoms with Crippen molar-refractivity contribution in [2.45, 2.75) is 19.9 Å². The molecule has 1 aromatic heterocycles. The maximum Gasteiger partial charge on any atom is 0.325 e. The number of ether oxygens (including phenoxy) is 1. The van der Waals surface area contributed by atoms with Gasteiger partial charge in [0.2, 0.25) is 5.13 Å². The van der Waals surface area contributed by atoms with Gasteiger partial charge in [-0.2, -0.15) is 4.37 Å². The van der Waals surface area contributed by atoms with E-state index in [1.54, 1.807) is 0 Å². The molecule has 1 aromatic rings. The average Bonchev–Trinajstić information content (AvgIpc) is 2.65. The lowest BCUT2D eigenvalue weighted by molar-refractivity contribution is -0.139. The number of hydrogen-bond acceptors (Lipinski definition) is 6. The van der Waals surface area contributed by atoms with Gasteiger partial charge in [-0.15, -0.1) is 0 Å². The second kappa shape index (κ2) is 4.90. The molecule has 0 atom stereocenters. The van der Waals surface area contributed by atoms with E-state index in [4.69, 9.17) is 0 Å². The van der Waals surface area contributed by atoms with Gasteiger partial charge in [0.25, 0.3) is 0 Å². The lowest BCUT2D eigenvalue weighted by Crippen LogP contribution is -2.36. The third-order valence-corrected chi connectivity index (χ3v) is 2.45. The van der Waals surface area contributed by atoms with E-state index >= 15 is 0 Å². The van der Waals surface area contributed by atoms with Crippen LogP contribution in [0.4, 0.5) is 5.13 Å². The quantitative estimate of drug-likeness (QED) is 0.699. The molecule has 0 aliphatic heterocycles. The summed E-state index contributed by atoms with van der Waals surface area (Å²) in [6.07, 6.45) is 1.48. The lowest BCUT2D eigenvalue weighted by atomic mass is 10.3. The van der Waals surface area contributed by atoms with E-state index in [1.807, 2.05) is 18.7 Å². The van der Waals surface area contributed by atoms with Gasteiger partial charge >= 0.3 is 5.97 Å². The Morgan fingerprint density at radius 1 is 1.71 bits per heavy atom. The van der Waals surface area contributed by atoms with Crippen LogP contribution in [-0.4, -0.2) is 35.0 Å². The van der Waals surface area contributed by atoms with Crippen molar-refractivity contribution < 1.29 is 9.53 Å². The van der Waals surface area contributed by atoms with Crippen LogP contribution in [0.25, 0.3) is 0 Å². The predicted octanol–water partition coefficient (Wildman–Crippen LogP) is 0.926. The first-order valence-electron chi connectivity index (χ1n) is 4.25. The van der Waals surface area contributed by atoms with Crippen LogP contribution in [0.3, 0.4) is 0 Å². The van der Waals surface area contributed by atoms with Crippen molar-refractivity contribution in [2.75, 3.05) is 18.6 Å². The third kappa shape index (κ3) is 2.66. The van der Waals surface area contributed by atoms with Gasteiger partial charge < -0.3 is 9.64 Å². The second-order valence-electron chi connectivity index (χ2n) is 3.02. The lowest BCUT2D eigenvalue weighted by Gasteiger charge is -2.23. The molecular formula is C8H13N3O2S. The van der Waals surface area contributed by atoms with Gasteiger partial charge in [-0.25, -0.2) is 4.98 Å². The first-order valence-corrected chi connectivity index (χ1v) is 5.02. The molecule has 0 N–H and O–H groups in total. The van der Waals surface area contributed by atoms with Gasteiger partial charge in [-0.1, -0.05) is 0 Å². The zero-order valence-electron chi connectivity index (χ0n) is 8.43. The Balaban J connectivity index is 2.70. The van der Waals surface area contributed by atoms with Gasteiger partial charge in [0.15, 0.2) is 0 Å². The molecule has 1 rings (SSSR count). The van der Waals surface area contributed by atoms with Crippen LogP contribution in [0.2, 0.25) is 0 Å². The maximum atomic E-state index is 11.1. The fourth-order valence-corrected chi connectivity index (χ4v) is 1.63. The predicted molar refractivity (Wildman–Crippen MR) is 54.4 cm³/mol. The standard InChI is InChI=1S/C8H13N3O2S/c1-6(2)11(4-7(12)13-3)8-9-5-10-14-8/h5-6H,4H2,1-3H3. The molecule has 78 valence electrons. The summed E-state index contributed by atoms with van der Waals surface area (Å²) >= 11 is 1.27. The zero-order chi connectivity index (χ0) is 10.6. The molecule has 1 heterocycles. The first kappa shape index (κ1) is 10.9. The van der Waals surface area contributed by atoms with Crippen molar-refractivity contribution >= 4 is 22.6 Å². The summed E-state index contributed by atoms with van der Waals surface area (Å²) < 4.78 is 8.50. The highest BCUT2D eigenvalue weighted by molar-refractivity contribution is 7.09. The van der Waals surface area contributed by atoms with Gasteiger partial charge in [-0.05, 0) is 13.8 Å². The summed E-state index contributed by atoms with van der Waals surface area (Å²) in [7, 11) is 1.38.